The Hall–Kier alpha value is -1.82. The molecular weight excluding hydrogens is 333 g/mol. The van der Waals surface area contributed by atoms with Crippen molar-refractivity contribution in [1.82, 2.24) is 10.2 Å². The van der Waals surface area contributed by atoms with Crippen LogP contribution in [0.1, 0.15) is 32.1 Å². The minimum atomic E-state index is -0.242. The van der Waals surface area contributed by atoms with Gasteiger partial charge in [0.1, 0.15) is 11.6 Å². The SMILES string of the molecule is CN=C(NCCCCOc1ccc(F)cc1)N(C)CCC1CCOCC1. The lowest BCUT2D eigenvalue weighted by atomic mass is 9.96. The van der Waals surface area contributed by atoms with Crippen LogP contribution in [0.15, 0.2) is 29.3 Å². The molecule has 1 N–H and O–H groups in total. The summed E-state index contributed by atoms with van der Waals surface area (Å²) in [6, 6.07) is 6.14. The van der Waals surface area contributed by atoms with E-state index in [0.717, 1.165) is 51.0 Å². The van der Waals surface area contributed by atoms with Gasteiger partial charge in [-0.25, -0.2) is 4.39 Å². The molecule has 1 saturated heterocycles. The zero-order chi connectivity index (χ0) is 18.6. The van der Waals surface area contributed by atoms with Crippen molar-refractivity contribution in [2.45, 2.75) is 32.1 Å². The van der Waals surface area contributed by atoms with Crippen molar-refractivity contribution >= 4 is 5.96 Å². The fraction of sp³-hybridized carbons (Fsp3) is 0.650. The van der Waals surface area contributed by atoms with E-state index in [1.165, 1.54) is 31.4 Å². The van der Waals surface area contributed by atoms with Crippen LogP contribution in [-0.2, 0) is 4.74 Å². The molecule has 2 rings (SSSR count). The second-order valence-corrected chi connectivity index (χ2v) is 6.75. The van der Waals surface area contributed by atoms with Gasteiger partial charge in [0.2, 0.25) is 0 Å². The maximum Gasteiger partial charge on any atom is 0.193 e. The van der Waals surface area contributed by atoms with Gasteiger partial charge >= 0.3 is 0 Å². The summed E-state index contributed by atoms with van der Waals surface area (Å²) in [6.45, 7) is 4.31. The largest absolute Gasteiger partial charge is 0.494 e. The number of ether oxygens (including phenoxy) is 2. The van der Waals surface area contributed by atoms with Crippen molar-refractivity contribution in [3.8, 4) is 5.75 Å². The molecule has 1 aromatic carbocycles. The molecule has 5 nitrogen and oxygen atoms in total. The smallest absolute Gasteiger partial charge is 0.193 e. The fourth-order valence-electron chi connectivity index (χ4n) is 3.05. The summed E-state index contributed by atoms with van der Waals surface area (Å²) >= 11 is 0. The molecule has 0 saturated carbocycles. The molecule has 1 fully saturated rings. The Kier molecular flexibility index (Phi) is 9.24. The number of guanidine groups is 1. The van der Waals surface area contributed by atoms with E-state index in [2.05, 4.69) is 22.3 Å². The summed E-state index contributed by atoms with van der Waals surface area (Å²) in [5.74, 6) is 2.18. The number of unbranched alkanes of at least 4 members (excludes halogenated alkanes) is 1. The number of nitrogens with one attached hydrogen (secondary N) is 1. The van der Waals surface area contributed by atoms with E-state index in [1.807, 2.05) is 7.05 Å². The van der Waals surface area contributed by atoms with Crippen LogP contribution in [0, 0.1) is 11.7 Å². The summed E-state index contributed by atoms with van der Waals surface area (Å²) in [5.41, 5.74) is 0. The molecular formula is C20H32FN3O2. The lowest BCUT2D eigenvalue weighted by molar-refractivity contribution is 0.0625. The monoisotopic (exact) mass is 365 g/mol. The van der Waals surface area contributed by atoms with Crippen molar-refractivity contribution in [1.29, 1.82) is 0 Å². The lowest BCUT2D eigenvalue weighted by Gasteiger charge is -2.26. The Morgan fingerprint density at radius 1 is 1.27 bits per heavy atom. The van der Waals surface area contributed by atoms with Crippen LogP contribution in [0.25, 0.3) is 0 Å². The van der Waals surface area contributed by atoms with Gasteiger partial charge in [-0.05, 0) is 62.3 Å². The minimum Gasteiger partial charge on any atom is -0.494 e. The van der Waals surface area contributed by atoms with Crippen LogP contribution in [0.3, 0.4) is 0 Å². The second kappa shape index (κ2) is 11.7. The summed E-state index contributed by atoms with van der Waals surface area (Å²) in [4.78, 5) is 6.56. The molecule has 0 aromatic heterocycles. The summed E-state index contributed by atoms with van der Waals surface area (Å²) in [7, 11) is 3.91. The number of hydrogen-bond donors (Lipinski definition) is 1. The topological polar surface area (TPSA) is 46.1 Å². The average molecular weight is 365 g/mol. The third kappa shape index (κ3) is 7.60. The first-order valence-corrected chi connectivity index (χ1v) is 9.57. The van der Waals surface area contributed by atoms with Gasteiger partial charge in [-0.15, -0.1) is 0 Å². The number of aliphatic imine (C=N–C) groups is 1. The van der Waals surface area contributed by atoms with Gasteiger partial charge in [0, 0.05) is 40.4 Å². The van der Waals surface area contributed by atoms with Crippen molar-refractivity contribution in [2.24, 2.45) is 10.9 Å². The first-order valence-electron chi connectivity index (χ1n) is 9.57. The molecule has 146 valence electrons. The number of rotatable bonds is 9. The molecule has 0 radical (unpaired) electrons. The predicted molar refractivity (Wildman–Crippen MR) is 103 cm³/mol. The first-order chi connectivity index (χ1) is 12.7. The molecule has 0 unspecified atom stereocenters. The zero-order valence-electron chi connectivity index (χ0n) is 16.0. The van der Waals surface area contributed by atoms with Crippen molar-refractivity contribution < 1.29 is 13.9 Å². The molecule has 26 heavy (non-hydrogen) atoms. The molecule has 0 atom stereocenters. The van der Waals surface area contributed by atoms with Crippen LogP contribution < -0.4 is 10.1 Å². The highest BCUT2D eigenvalue weighted by molar-refractivity contribution is 5.79. The highest BCUT2D eigenvalue weighted by atomic mass is 19.1. The van der Waals surface area contributed by atoms with Crippen molar-refractivity contribution in [3.63, 3.8) is 0 Å². The van der Waals surface area contributed by atoms with E-state index in [4.69, 9.17) is 9.47 Å². The van der Waals surface area contributed by atoms with E-state index < -0.39 is 0 Å². The van der Waals surface area contributed by atoms with Crippen LogP contribution in [0.4, 0.5) is 4.39 Å². The quantitative estimate of drug-likeness (QED) is 0.414. The van der Waals surface area contributed by atoms with Gasteiger partial charge in [-0.1, -0.05) is 0 Å². The van der Waals surface area contributed by atoms with Gasteiger partial charge < -0.3 is 19.7 Å². The summed E-state index contributed by atoms with van der Waals surface area (Å²) in [5, 5.41) is 3.41. The predicted octanol–water partition coefficient (Wildman–Crippen LogP) is 3.31. The van der Waals surface area contributed by atoms with Gasteiger partial charge in [-0.2, -0.15) is 0 Å². The molecule has 1 aromatic rings. The Morgan fingerprint density at radius 2 is 2.00 bits per heavy atom. The number of hydrogen-bond acceptors (Lipinski definition) is 3. The fourth-order valence-corrected chi connectivity index (χ4v) is 3.05. The average Bonchev–Trinajstić information content (AvgIpc) is 2.68. The molecule has 1 heterocycles. The number of halogens is 1. The Labute approximate surface area is 156 Å². The Balaban J connectivity index is 1.55. The number of benzene rings is 1. The van der Waals surface area contributed by atoms with Crippen LogP contribution in [-0.4, -0.2) is 57.9 Å². The summed E-state index contributed by atoms with van der Waals surface area (Å²) in [6.07, 6.45) is 5.47. The van der Waals surface area contributed by atoms with Crippen LogP contribution in [0.2, 0.25) is 0 Å². The maximum atomic E-state index is 12.8. The van der Waals surface area contributed by atoms with Crippen molar-refractivity contribution in [2.75, 3.05) is 47.0 Å². The molecule has 6 heteroatoms. The standard InChI is InChI=1S/C20H32FN3O2/c1-22-20(24(2)13-9-17-10-15-25-16-11-17)23-12-3-4-14-26-19-7-5-18(21)6-8-19/h5-8,17H,3-4,9-16H2,1-2H3,(H,22,23). The number of nitrogens with zero attached hydrogens (tertiary/aromatic N) is 2. The van der Waals surface area contributed by atoms with E-state index in [1.54, 1.807) is 12.1 Å². The normalized spacial score (nSPS) is 15.7. The van der Waals surface area contributed by atoms with Crippen LogP contribution in [0.5, 0.6) is 5.75 Å². The molecule has 1 aliphatic rings. The van der Waals surface area contributed by atoms with Gasteiger partial charge in [0.15, 0.2) is 5.96 Å². The maximum absolute atomic E-state index is 12.8. The van der Waals surface area contributed by atoms with Gasteiger partial charge in [0.05, 0.1) is 6.61 Å². The van der Waals surface area contributed by atoms with Gasteiger partial charge in [-0.3, -0.25) is 4.99 Å². The van der Waals surface area contributed by atoms with Crippen LogP contribution >= 0.6 is 0 Å². The molecule has 1 aliphatic heterocycles. The zero-order valence-corrected chi connectivity index (χ0v) is 16.0. The van der Waals surface area contributed by atoms with Gasteiger partial charge in [0.25, 0.3) is 0 Å². The first kappa shape index (κ1) is 20.5. The van der Waals surface area contributed by atoms with E-state index in [9.17, 15) is 4.39 Å². The van der Waals surface area contributed by atoms with Crippen molar-refractivity contribution in [3.05, 3.63) is 30.1 Å². The summed E-state index contributed by atoms with van der Waals surface area (Å²) < 4.78 is 23.8. The molecule has 0 bridgehead atoms. The Morgan fingerprint density at radius 3 is 2.69 bits per heavy atom. The minimum absolute atomic E-state index is 0.242. The Bertz CT molecular complexity index is 530. The molecule has 0 spiro atoms. The van der Waals surface area contributed by atoms with E-state index >= 15 is 0 Å². The third-order valence-corrected chi connectivity index (χ3v) is 4.72. The lowest BCUT2D eigenvalue weighted by Crippen LogP contribution is -2.40. The van der Waals surface area contributed by atoms with E-state index in [-0.39, 0.29) is 5.82 Å². The highest BCUT2D eigenvalue weighted by Crippen LogP contribution is 2.18. The highest BCUT2D eigenvalue weighted by Gasteiger charge is 2.15. The second-order valence-electron chi connectivity index (χ2n) is 6.75. The van der Waals surface area contributed by atoms with E-state index in [0.29, 0.717) is 12.4 Å². The third-order valence-electron chi connectivity index (χ3n) is 4.72. The molecule has 0 amide bonds. The molecule has 0 aliphatic carbocycles.